The van der Waals surface area contributed by atoms with Crippen molar-refractivity contribution in [1.29, 1.82) is 0 Å². The zero-order valence-corrected chi connectivity index (χ0v) is 9.37. The average Bonchev–Trinajstić information content (AvgIpc) is 2.24. The standard InChI is InChI=1S/C11H23N3O/c12-6-1-2-7-14-11(15)9-4-3-5-10(13)8-9/h9-10H,1-8,12-13H2,(H,14,15). The van der Waals surface area contributed by atoms with Crippen LogP contribution in [-0.4, -0.2) is 25.0 Å². The first-order valence-corrected chi connectivity index (χ1v) is 5.97. The van der Waals surface area contributed by atoms with E-state index < -0.39 is 0 Å². The fourth-order valence-corrected chi connectivity index (χ4v) is 2.09. The molecule has 1 saturated carbocycles. The van der Waals surface area contributed by atoms with Crippen LogP contribution in [0.5, 0.6) is 0 Å². The van der Waals surface area contributed by atoms with Gasteiger partial charge in [-0.15, -0.1) is 0 Å². The van der Waals surface area contributed by atoms with Crippen LogP contribution >= 0.6 is 0 Å². The molecular weight excluding hydrogens is 190 g/mol. The number of hydrogen-bond donors (Lipinski definition) is 3. The summed E-state index contributed by atoms with van der Waals surface area (Å²) in [4.78, 5) is 11.7. The molecule has 0 saturated heterocycles. The molecule has 1 aliphatic carbocycles. The summed E-state index contributed by atoms with van der Waals surface area (Å²) in [6, 6.07) is 0.221. The third-order valence-corrected chi connectivity index (χ3v) is 3.02. The van der Waals surface area contributed by atoms with Gasteiger partial charge in [-0.25, -0.2) is 0 Å². The van der Waals surface area contributed by atoms with Crippen molar-refractivity contribution in [2.75, 3.05) is 13.1 Å². The zero-order valence-electron chi connectivity index (χ0n) is 9.37. The minimum atomic E-state index is 0.145. The Morgan fingerprint density at radius 2 is 2.13 bits per heavy atom. The van der Waals surface area contributed by atoms with Crippen LogP contribution in [0.4, 0.5) is 0 Å². The van der Waals surface area contributed by atoms with Crippen LogP contribution in [0.3, 0.4) is 0 Å². The number of hydrogen-bond acceptors (Lipinski definition) is 3. The second-order valence-electron chi connectivity index (χ2n) is 4.41. The molecule has 0 spiro atoms. The van der Waals surface area contributed by atoms with Crippen LogP contribution < -0.4 is 16.8 Å². The third kappa shape index (κ3) is 4.62. The van der Waals surface area contributed by atoms with E-state index in [4.69, 9.17) is 11.5 Å². The van der Waals surface area contributed by atoms with Crippen molar-refractivity contribution in [2.24, 2.45) is 17.4 Å². The maximum absolute atomic E-state index is 11.7. The summed E-state index contributed by atoms with van der Waals surface area (Å²) >= 11 is 0. The van der Waals surface area contributed by atoms with Crippen molar-refractivity contribution < 1.29 is 4.79 Å². The van der Waals surface area contributed by atoms with E-state index in [1.54, 1.807) is 0 Å². The molecule has 1 rings (SSSR count). The van der Waals surface area contributed by atoms with Crippen molar-refractivity contribution in [2.45, 2.75) is 44.6 Å². The van der Waals surface area contributed by atoms with Crippen molar-refractivity contribution in [3.8, 4) is 0 Å². The Balaban J connectivity index is 2.15. The van der Waals surface area contributed by atoms with E-state index in [0.29, 0.717) is 6.54 Å². The van der Waals surface area contributed by atoms with Gasteiger partial charge in [0.25, 0.3) is 0 Å². The summed E-state index contributed by atoms with van der Waals surface area (Å²) in [5.41, 5.74) is 11.2. The minimum Gasteiger partial charge on any atom is -0.356 e. The van der Waals surface area contributed by atoms with Crippen LogP contribution in [0.15, 0.2) is 0 Å². The van der Waals surface area contributed by atoms with E-state index in [0.717, 1.165) is 45.1 Å². The lowest BCUT2D eigenvalue weighted by Gasteiger charge is -2.25. The highest BCUT2D eigenvalue weighted by Gasteiger charge is 2.24. The largest absolute Gasteiger partial charge is 0.356 e. The molecule has 2 unspecified atom stereocenters. The monoisotopic (exact) mass is 213 g/mol. The van der Waals surface area contributed by atoms with Gasteiger partial charge in [-0.05, 0) is 38.6 Å². The highest BCUT2D eigenvalue weighted by Crippen LogP contribution is 2.22. The van der Waals surface area contributed by atoms with Gasteiger partial charge in [0, 0.05) is 18.5 Å². The number of nitrogens with two attached hydrogens (primary N) is 2. The van der Waals surface area contributed by atoms with Crippen molar-refractivity contribution in [3.05, 3.63) is 0 Å². The maximum Gasteiger partial charge on any atom is 0.223 e. The molecule has 0 aromatic heterocycles. The lowest BCUT2D eigenvalue weighted by Crippen LogP contribution is -2.38. The molecule has 1 amide bonds. The number of nitrogens with one attached hydrogen (secondary N) is 1. The molecule has 4 heteroatoms. The van der Waals surface area contributed by atoms with E-state index in [1.807, 2.05) is 0 Å². The number of amides is 1. The number of carbonyl (C=O) groups excluding carboxylic acids is 1. The Kier molecular flexibility index (Phi) is 5.65. The molecular formula is C11H23N3O. The summed E-state index contributed by atoms with van der Waals surface area (Å²) in [7, 11) is 0. The Hall–Kier alpha value is -0.610. The zero-order chi connectivity index (χ0) is 11.1. The van der Waals surface area contributed by atoms with Crippen LogP contribution in [0.2, 0.25) is 0 Å². The average molecular weight is 213 g/mol. The topological polar surface area (TPSA) is 81.1 Å². The Labute approximate surface area is 91.8 Å². The smallest absolute Gasteiger partial charge is 0.223 e. The van der Waals surface area contributed by atoms with Crippen LogP contribution in [0, 0.1) is 5.92 Å². The van der Waals surface area contributed by atoms with Crippen molar-refractivity contribution >= 4 is 5.91 Å². The van der Waals surface area contributed by atoms with E-state index in [9.17, 15) is 4.79 Å². The molecule has 0 aromatic rings. The maximum atomic E-state index is 11.7. The van der Waals surface area contributed by atoms with E-state index in [2.05, 4.69) is 5.32 Å². The Morgan fingerprint density at radius 1 is 1.33 bits per heavy atom. The normalized spacial score (nSPS) is 26.3. The Bertz CT molecular complexity index is 196. The molecule has 15 heavy (non-hydrogen) atoms. The number of rotatable bonds is 5. The van der Waals surface area contributed by atoms with Crippen molar-refractivity contribution in [1.82, 2.24) is 5.32 Å². The molecule has 5 N–H and O–H groups in total. The summed E-state index contributed by atoms with van der Waals surface area (Å²) in [6.45, 7) is 1.45. The van der Waals surface area contributed by atoms with E-state index in [-0.39, 0.29) is 17.9 Å². The van der Waals surface area contributed by atoms with Gasteiger partial charge in [0.05, 0.1) is 0 Å². The number of unbranched alkanes of at least 4 members (excludes halogenated alkanes) is 1. The quantitative estimate of drug-likeness (QED) is 0.577. The molecule has 1 fully saturated rings. The van der Waals surface area contributed by atoms with Gasteiger partial charge in [-0.2, -0.15) is 0 Å². The molecule has 4 nitrogen and oxygen atoms in total. The fraction of sp³-hybridized carbons (Fsp3) is 0.909. The second kappa shape index (κ2) is 6.80. The lowest BCUT2D eigenvalue weighted by atomic mass is 9.85. The van der Waals surface area contributed by atoms with Gasteiger partial charge < -0.3 is 16.8 Å². The number of carbonyl (C=O) groups is 1. The highest BCUT2D eigenvalue weighted by atomic mass is 16.1. The van der Waals surface area contributed by atoms with Gasteiger partial charge in [-0.3, -0.25) is 4.79 Å². The van der Waals surface area contributed by atoms with Crippen LogP contribution in [0.25, 0.3) is 0 Å². The first-order chi connectivity index (χ1) is 7.24. The van der Waals surface area contributed by atoms with E-state index >= 15 is 0 Å². The van der Waals surface area contributed by atoms with Crippen LogP contribution in [0.1, 0.15) is 38.5 Å². The van der Waals surface area contributed by atoms with Gasteiger partial charge in [0.15, 0.2) is 0 Å². The second-order valence-corrected chi connectivity index (χ2v) is 4.41. The first-order valence-electron chi connectivity index (χ1n) is 5.97. The predicted octanol–water partition coefficient (Wildman–Crippen LogP) is 0.359. The van der Waals surface area contributed by atoms with Crippen molar-refractivity contribution in [3.63, 3.8) is 0 Å². The van der Waals surface area contributed by atoms with Gasteiger partial charge in [-0.1, -0.05) is 6.42 Å². The van der Waals surface area contributed by atoms with E-state index in [1.165, 1.54) is 0 Å². The predicted molar refractivity (Wildman–Crippen MR) is 61.2 cm³/mol. The molecule has 88 valence electrons. The molecule has 0 bridgehead atoms. The summed E-state index contributed by atoms with van der Waals surface area (Å²) in [5.74, 6) is 0.328. The molecule has 0 radical (unpaired) electrons. The molecule has 0 aliphatic heterocycles. The summed E-state index contributed by atoms with van der Waals surface area (Å²) in [5, 5.41) is 2.96. The fourth-order valence-electron chi connectivity index (χ4n) is 2.09. The molecule has 0 aromatic carbocycles. The molecule has 1 aliphatic rings. The summed E-state index contributed by atoms with van der Waals surface area (Å²) < 4.78 is 0. The lowest BCUT2D eigenvalue weighted by molar-refractivity contribution is -0.126. The third-order valence-electron chi connectivity index (χ3n) is 3.02. The highest BCUT2D eigenvalue weighted by molar-refractivity contribution is 5.78. The first kappa shape index (κ1) is 12.5. The SMILES string of the molecule is NCCCCNC(=O)C1CCCC(N)C1. The minimum absolute atomic E-state index is 0.145. The van der Waals surface area contributed by atoms with Gasteiger partial charge in [0.1, 0.15) is 0 Å². The Morgan fingerprint density at radius 3 is 2.80 bits per heavy atom. The molecule has 2 atom stereocenters. The van der Waals surface area contributed by atoms with Gasteiger partial charge >= 0.3 is 0 Å². The van der Waals surface area contributed by atoms with Crippen LogP contribution in [-0.2, 0) is 4.79 Å². The molecule has 0 heterocycles. The summed E-state index contributed by atoms with van der Waals surface area (Å²) in [6.07, 6.45) is 5.95. The van der Waals surface area contributed by atoms with Gasteiger partial charge in [0.2, 0.25) is 5.91 Å².